The van der Waals surface area contributed by atoms with Gasteiger partial charge in [0, 0.05) is 37.6 Å². The van der Waals surface area contributed by atoms with Gasteiger partial charge >= 0.3 is 0 Å². The minimum Gasteiger partial charge on any atom is -0.383 e. The van der Waals surface area contributed by atoms with Gasteiger partial charge in [-0.2, -0.15) is 0 Å². The average Bonchev–Trinajstić information content (AvgIpc) is 2.85. The first-order valence-electron chi connectivity index (χ1n) is 6.23. The van der Waals surface area contributed by atoms with Crippen molar-refractivity contribution in [2.24, 2.45) is 0 Å². The average molecular weight is 280 g/mol. The van der Waals surface area contributed by atoms with Crippen molar-refractivity contribution in [3.05, 3.63) is 53.1 Å². The first kappa shape index (κ1) is 14.1. The Bertz CT molecular complexity index is 496. The summed E-state index contributed by atoms with van der Waals surface area (Å²) in [6, 6.07) is 7.88. The van der Waals surface area contributed by atoms with Crippen LogP contribution in [0.1, 0.15) is 11.4 Å². The van der Waals surface area contributed by atoms with Gasteiger partial charge in [0.25, 0.3) is 0 Å². The zero-order valence-electron chi connectivity index (χ0n) is 11.0. The van der Waals surface area contributed by atoms with Gasteiger partial charge in [-0.15, -0.1) is 0 Å². The van der Waals surface area contributed by atoms with Crippen LogP contribution >= 0.6 is 11.6 Å². The summed E-state index contributed by atoms with van der Waals surface area (Å²) < 4.78 is 7.12. The quantitative estimate of drug-likeness (QED) is 0.791. The van der Waals surface area contributed by atoms with E-state index in [2.05, 4.69) is 14.9 Å². The van der Waals surface area contributed by atoms with Crippen LogP contribution in [0.5, 0.6) is 0 Å². The Balaban J connectivity index is 1.93. The molecule has 0 atom stereocenters. The molecule has 5 heteroatoms. The van der Waals surface area contributed by atoms with Crippen molar-refractivity contribution < 1.29 is 4.74 Å². The van der Waals surface area contributed by atoms with E-state index >= 15 is 0 Å². The Hall–Kier alpha value is -1.36. The van der Waals surface area contributed by atoms with Crippen LogP contribution in [0.3, 0.4) is 0 Å². The summed E-state index contributed by atoms with van der Waals surface area (Å²) in [5.74, 6) is 1.02. The number of nitrogens with one attached hydrogen (secondary N) is 1. The third kappa shape index (κ3) is 4.35. The van der Waals surface area contributed by atoms with Crippen molar-refractivity contribution in [3.8, 4) is 0 Å². The van der Waals surface area contributed by atoms with Gasteiger partial charge in [-0.05, 0) is 17.7 Å². The zero-order valence-corrected chi connectivity index (χ0v) is 11.7. The van der Waals surface area contributed by atoms with Crippen LogP contribution in [0.15, 0.2) is 36.7 Å². The standard InChI is InChI=1S/C14H18ClN3O/c1-19-9-7-16-10-14-17-6-8-18(14)11-12-2-4-13(15)5-3-12/h2-6,8,16H,7,9-11H2,1H3. The van der Waals surface area contributed by atoms with E-state index in [4.69, 9.17) is 16.3 Å². The highest BCUT2D eigenvalue weighted by Gasteiger charge is 2.03. The molecule has 2 rings (SSSR count). The van der Waals surface area contributed by atoms with Crippen LogP contribution < -0.4 is 5.32 Å². The summed E-state index contributed by atoms with van der Waals surface area (Å²) in [5, 5.41) is 4.05. The highest BCUT2D eigenvalue weighted by Crippen LogP contribution is 2.11. The molecule has 1 aromatic carbocycles. The number of rotatable bonds is 7. The van der Waals surface area contributed by atoms with E-state index < -0.39 is 0 Å². The molecular formula is C14H18ClN3O. The van der Waals surface area contributed by atoms with E-state index in [9.17, 15) is 0 Å². The van der Waals surface area contributed by atoms with Crippen LogP contribution in [-0.4, -0.2) is 29.8 Å². The highest BCUT2D eigenvalue weighted by molar-refractivity contribution is 6.30. The van der Waals surface area contributed by atoms with Crippen molar-refractivity contribution in [3.63, 3.8) is 0 Å². The van der Waals surface area contributed by atoms with Crippen molar-refractivity contribution in [2.75, 3.05) is 20.3 Å². The molecule has 2 aromatic rings. The summed E-state index contributed by atoms with van der Waals surface area (Å²) in [6.07, 6.45) is 3.81. The maximum Gasteiger partial charge on any atom is 0.122 e. The molecule has 0 saturated heterocycles. The molecule has 0 aliphatic rings. The largest absolute Gasteiger partial charge is 0.383 e. The molecular weight excluding hydrogens is 262 g/mol. The predicted molar refractivity (Wildman–Crippen MR) is 76.4 cm³/mol. The molecule has 1 heterocycles. The first-order chi connectivity index (χ1) is 9.29. The first-order valence-corrected chi connectivity index (χ1v) is 6.61. The maximum atomic E-state index is 5.88. The number of imidazole rings is 1. The van der Waals surface area contributed by atoms with Gasteiger partial charge in [-0.3, -0.25) is 0 Å². The number of methoxy groups -OCH3 is 1. The van der Waals surface area contributed by atoms with E-state index in [1.54, 1.807) is 7.11 Å². The fourth-order valence-electron chi connectivity index (χ4n) is 1.81. The van der Waals surface area contributed by atoms with Crippen LogP contribution in [0.2, 0.25) is 5.02 Å². The van der Waals surface area contributed by atoms with Crippen LogP contribution in [0, 0.1) is 0 Å². The van der Waals surface area contributed by atoms with Crippen LogP contribution in [0.25, 0.3) is 0 Å². The number of hydrogen-bond acceptors (Lipinski definition) is 3. The number of ether oxygens (including phenoxy) is 1. The lowest BCUT2D eigenvalue weighted by Crippen LogP contribution is -2.21. The zero-order chi connectivity index (χ0) is 13.5. The third-order valence-electron chi connectivity index (χ3n) is 2.83. The smallest absolute Gasteiger partial charge is 0.122 e. The molecule has 102 valence electrons. The summed E-state index contributed by atoms with van der Waals surface area (Å²) in [7, 11) is 1.70. The Morgan fingerprint density at radius 3 is 2.84 bits per heavy atom. The number of nitrogens with zero attached hydrogens (tertiary/aromatic N) is 2. The number of aromatic nitrogens is 2. The second-order valence-corrected chi connectivity index (χ2v) is 4.70. The van der Waals surface area contributed by atoms with Crippen molar-refractivity contribution >= 4 is 11.6 Å². The summed E-state index contributed by atoms with van der Waals surface area (Å²) in [4.78, 5) is 4.36. The molecule has 0 spiro atoms. The second kappa shape index (κ2) is 7.28. The van der Waals surface area contributed by atoms with Gasteiger partial charge in [0.2, 0.25) is 0 Å². The summed E-state index contributed by atoms with van der Waals surface area (Å²) in [5.41, 5.74) is 1.21. The Kier molecular flexibility index (Phi) is 5.39. The summed E-state index contributed by atoms with van der Waals surface area (Å²) in [6.45, 7) is 3.07. The van der Waals surface area contributed by atoms with Gasteiger partial charge < -0.3 is 14.6 Å². The minimum absolute atomic E-state index is 0.706. The molecule has 0 saturated carbocycles. The van der Waals surface area contributed by atoms with Gasteiger partial charge in [0.05, 0.1) is 13.2 Å². The van der Waals surface area contributed by atoms with Crippen molar-refractivity contribution in [2.45, 2.75) is 13.1 Å². The topological polar surface area (TPSA) is 39.1 Å². The molecule has 0 amide bonds. The van der Waals surface area contributed by atoms with Crippen LogP contribution in [0.4, 0.5) is 0 Å². The monoisotopic (exact) mass is 279 g/mol. The van der Waals surface area contributed by atoms with E-state index in [1.807, 2.05) is 36.7 Å². The third-order valence-corrected chi connectivity index (χ3v) is 3.09. The van der Waals surface area contributed by atoms with Crippen molar-refractivity contribution in [1.29, 1.82) is 0 Å². The lowest BCUT2D eigenvalue weighted by atomic mass is 10.2. The number of benzene rings is 1. The lowest BCUT2D eigenvalue weighted by Gasteiger charge is -2.09. The molecule has 0 unspecified atom stereocenters. The Morgan fingerprint density at radius 1 is 1.32 bits per heavy atom. The lowest BCUT2D eigenvalue weighted by molar-refractivity contribution is 0.199. The molecule has 0 fully saturated rings. The maximum absolute atomic E-state index is 5.88. The highest BCUT2D eigenvalue weighted by atomic mass is 35.5. The van der Waals surface area contributed by atoms with Gasteiger partial charge in [-0.1, -0.05) is 23.7 Å². The van der Waals surface area contributed by atoms with Gasteiger partial charge in [-0.25, -0.2) is 4.98 Å². The van der Waals surface area contributed by atoms with E-state index in [-0.39, 0.29) is 0 Å². The second-order valence-electron chi connectivity index (χ2n) is 4.27. The molecule has 0 aliphatic carbocycles. The van der Waals surface area contributed by atoms with Crippen molar-refractivity contribution in [1.82, 2.24) is 14.9 Å². The van der Waals surface area contributed by atoms with Gasteiger partial charge in [0.15, 0.2) is 0 Å². The number of hydrogen-bond donors (Lipinski definition) is 1. The molecule has 4 nitrogen and oxygen atoms in total. The fourth-order valence-corrected chi connectivity index (χ4v) is 1.94. The molecule has 0 aliphatic heterocycles. The van der Waals surface area contributed by atoms with Gasteiger partial charge in [0.1, 0.15) is 5.82 Å². The van der Waals surface area contributed by atoms with E-state index in [0.717, 1.165) is 30.5 Å². The number of halogens is 1. The van der Waals surface area contributed by atoms with E-state index in [1.165, 1.54) is 5.56 Å². The molecule has 0 radical (unpaired) electrons. The molecule has 0 bridgehead atoms. The fraction of sp³-hybridized carbons (Fsp3) is 0.357. The van der Waals surface area contributed by atoms with E-state index in [0.29, 0.717) is 6.61 Å². The molecule has 19 heavy (non-hydrogen) atoms. The Morgan fingerprint density at radius 2 is 2.11 bits per heavy atom. The Labute approximate surface area is 118 Å². The predicted octanol–water partition coefficient (Wildman–Crippen LogP) is 2.32. The van der Waals surface area contributed by atoms with Crippen LogP contribution in [-0.2, 0) is 17.8 Å². The molecule has 1 N–H and O–H groups in total. The normalized spacial score (nSPS) is 10.8. The summed E-state index contributed by atoms with van der Waals surface area (Å²) >= 11 is 5.88. The SMILES string of the molecule is COCCNCc1nccn1Cc1ccc(Cl)cc1. The molecule has 1 aromatic heterocycles. The minimum atomic E-state index is 0.706.